The van der Waals surface area contributed by atoms with Gasteiger partial charge in [0.25, 0.3) is 0 Å². The van der Waals surface area contributed by atoms with Crippen molar-refractivity contribution in [3.8, 4) is 0 Å². The summed E-state index contributed by atoms with van der Waals surface area (Å²) in [5.74, 6) is -0.283. The molecule has 1 aromatic rings. The van der Waals surface area contributed by atoms with Gasteiger partial charge in [-0.05, 0) is 24.1 Å². The van der Waals surface area contributed by atoms with Crippen LogP contribution >= 0.6 is 0 Å². The highest BCUT2D eigenvalue weighted by atomic mass is 19.1. The van der Waals surface area contributed by atoms with E-state index in [1.807, 2.05) is 0 Å². The van der Waals surface area contributed by atoms with Crippen molar-refractivity contribution in [2.75, 3.05) is 39.3 Å². The number of aliphatic hydroxyl groups excluding tert-OH is 2. The lowest BCUT2D eigenvalue weighted by molar-refractivity contribution is 0.0394. The zero-order valence-corrected chi connectivity index (χ0v) is 12.6. The maximum absolute atomic E-state index is 12.9. The molecule has 1 aromatic carbocycles. The molecular formula is C16H25FN2O2. The standard InChI is InChI=1S/C16H25FN2O2/c1-2-15(12-20)19-9-7-18(8-10-19)11-16(21)13-3-5-14(17)6-4-13/h3-6,15-16,20-21H,2,7-12H2,1H3. The molecule has 1 saturated heterocycles. The Kier molecular flexibility index (Phi) is 6.11. The second-order valence-electron chi connectivity index (χ2n) is 5.65. The topological polar surface area (TPSA) is 46.9 Å². The van der Waals surface area contributed by atoms with E-state index in [4.69, 9.17) is 0 Å². The second-order valence-corrected chi connectivity index (χ2v) is 5.65. The highest BCUT2D eigenvalue weighted by Gasteiger charge is 2.23. The lowest BCUT2D eigenvalue weighted by Crippen LogP contribution is -2.51. The maximum Gasteiger partial charge on any atom is 0.123 e. The second kappa shape index (κ2) is 7.84. The fraction of sp³-hybridized carbons (Fsp3) is 0.625. The normalized spacial score (nSPS) is 20.4. The Balaban J connectivity index is 1.81. The van der Waals surface area contributed by atoms with Crippen LogP contribution in [0.25, 0.3) is 0 Å². The molecule has 1 heterocycles. The van der Waals surface area contributed by atoms with Crippen LogP contribution < -0.4 is 0 Å². The summed E-state index contributed by atoms with van der Waals surface area (Å²) in [6.07, 6.45) is 0.367. The van der Waals surface area contributed by atoms with Crippen LogP contribution in [-0.4, -0.2) is 65.4 Å². The van der Waals surface area contributed by atoms with Crippen molar-refractivity contribution in [1.82, 2.24) is 9.80 Å². The van der Waals surface area contributed by atoms with Crippen LogP contribution in [0.3, 0.4) is 0 Å². The first-order chi connectivity index (χ1) is 10.1. The summed E-state index contributed by atoms with van der Waals surface area (Å²) in [4.78, 5) is 4.52. The minimum absolute atomic E-state index is 0.203. The van der Waals surface area contributed by atoms with Gasteiger partial charge in [0.2, 0.25) is 0 Å². The molecular weight excluding hydrogens is 271 g/mol. The van der Waals surface area contributed by atoms with Gasteiger partial charge in [0.15, 0.2) is 0 Å². The molecule has 0 amide bonds. The average Bonchev–Trinajstić information content (AvgIpc) is 2.51. The van der Waals surface area contributed by atoms with E-state index in [1.165, 1.54) is 12.1 Å². The van der Waals surface area contributed by atoms with Crippen LogP contribution in [0.15, 0.2) is 24.3 Å². The van der Waals surface area contributed by atoms with Crippen LogP contribution in [0.2, 0.25) is 0 Å². The lowest BCUT2D eigenvalue weighted by atomic mass is 10.1. The monoisotopic (exact) mass is 296 g/mol. The van der Waals surface area contributed by atoms with Gasteiger partial charge in [0.1, 0.15) is 5.82 Å². The summed E-state index contributed by atoms with van der Waals surface area (Å²) in [6, 6.07) is 6.27. The van der Waals surface area contributed by atoms with E-state index in [0.717, 1.165) is 38.2 Å². The Morgan fingerprint density at radius 1 is 1.14 bits per heavy atom. The zero-order chi connectivity index (χ0) is 15.2. The van der Waals surface area contributed by atoms with Crippen molar-refractivity contribution in [2.24, 2.45) is 0 Å². The number of β-amino-alcohol motifs (C(OH)–C–C–N with tert-alkyl or cyclic N) is 1. The highest BCUT2D eigenvalue weighted by molar-refractivity contribution is 5.18. The minimum atomic E-state index is -0.586. The van der Waals surface area contributed by atoms with Gasteiger partial charge in [0.05, 0.1) is 12.7 Å². The van der Waals surface area contributed by atoms with Gasteiger partial charge in [-0.1, -0.05) is 19.1 Å². The molecule has 21 heavy (non-hydrogen) atoms. The van der Waals surface area contributed by atoms with Gasteiger partial charge in [-0.15, -0.1) is 0 Å². The van der Waals surface area contributed by atoms with Gasteiger partial charge in [-0.2, -0.15) is 0 Å². The van der Waals surface area contributed by atoms with Crippen molar-refractivity contribution in [3.63, 3.8) is 0 Å². The molecule has 0 saturated carbocycles. The van der Waals surface area contributed by atoms with Crippen molar-refractivity contribution >= 4 is 0 Å². The average molecular weight is 296 g/mol. The number of aliphatic hydroxyl groups is 2. The number of nitrogens with zero attached hydrogens (tertiary/aromatic N) is 2. The predicted octanol–water partition coefficient (Wildman–Crippen LogP) is 1.25. The summed E-state index contributed by atoms with van der Waals surface area (Å²) in [5, 5.41) is 19.5. The first-order valence-electron chi connectivity index (χ1n) is 7.64. The smallest absolute Gasteiger partial charge is 0.123 e. The molecule has 4 nitrogen and oxygen atoms in total. The third kappa shape index (κ3) is 4.48. The molecule has 1 fully saturated rings. The van der Waals surface area contributed by atoms with Gasteiger partial charge >= 0.3 is 0 Å². The van der Waals surface area contributed by atoms with Crippen LogP contribution in [0.1, 0.15) is 25.0 Å². The first kappa shape index (κ1) is 16.4. The Bertz CT molecular complexity index is 415. The van der Waals surface area contributed by atoms with Crippen molar-refractivity contribution in [2.45, 2.75) is 25.5 Å². The van der Waals surface area contributed by atoms with Crippen molar-refractivity contribution in [1.29, 1.82) is 0 Å². The fourth-order valence-electron chi connectivity index (χ4n) is 2.85. The number of halogens is 1. The van der Waals surface area contributed by atoms with E-state index in [9.17, 15) is 14.6 Å². The summed E-state index contributed by atoms with van der Waals surface area (Å²) >= 11 is 0. The highest BCUT2D eigenvalue weighted by Crippen LogP contribution is 2.17. The number of hydrogen-bond acceptors (Lipinski definition) is 4. The molecule has 2 unspecified atom stereocenters. The molecule has 0 bridgehead atoms. The third-order valence-electron chi connectivity index (χ3n) is 4.29. The maximum atomic E-state index is 12.9. The Labute approximate surface area is 125 Å². The molecule has 2 atom stereocenters. The largest absolute Gasteiger partial charge is 0.395 e. The molecule has 0 spiro atoms. The minimum Gasteiger partial charge on any atom is -0.395 e. The van der Waals surface area contributed by atoms with E-state index in [0.29, 0.717) is 6.54 Å². The molecule has 0 radical (unpaired) electrons. The van der Waals surface area contributed by atoms with E-state index in [1.54, 1.807) is 12.1 Å². The predicted molar refractivity (Wildman–Crippen MR) is 80.5 cm³/mol. The Morgan fingerprint density at radius 3 is 2.29 bits per heavy atom. The Hall–Kier alpha value is -1.01. The summed E-state index contributed by atoms with van der Waals surface area (Å²) in [6.45, 7) is 6.45. The van der Waals surface area contributed by atoms with Crippen LogP contribution in [0.5, 0.6) is 0 Å². The summed E-state index contributed by atoms with van der Waals surface area (Å²) < 4.78 is 12.9. The van der Waals surface area contributed by atoms with Crippen molar-refractivity contribution in [3.05, 3.63) is 35.6 Å². The molecule has 2 rings (SSSR count). The molecule has 5 heteroatoms. The number of rotatable bonds is 6. The quantitative estimate of drug-likeness (QED) is 0.829. The summed E-state index contributed by atoms with van der Waals surface area (Å²) in [7, 11) is 0. The third-order valence-corrected chi connectivity index (χ3v) is 4.29. The molecule has 1 aliphatic rings. The van der Waals surface area contributed by atoms with Gasteiger partial charge in [-0.3, -0.25) is 9.80 Å². The van der Waals surface area contributed by atoms with Gasteiger partial charge in [0, 0.05) is 38.8 Å². The van der Waals surface area contributed by atoms with Crippen LogP contribution in [0, 0.1) is 5.82 Å². The van der Waals surface area contributed by atoms with Crippen LogP contribution in [0.4, 0.5) is 4.39 Å². The fourth-order valence-corrected chi connectivity index (χ4v) is 2.85. The van der Waals surface area contributed by atoms with Gasteiger partial charge in [-0.25, -0.2) is 4.39 Å². The van der Waals surface area contributed by atoms with E-state index in [2.05, 4.69) is 16.7 Å². The SMILES string of the molecule is CCC(CO)N1CCN(CC(O)c2ccc(F)cc2)CC1. The van der Waals surface area contributed by atoms with Gasteiger partial charge < -0.3 is 10.2 Å². The molecule has 0 aromatic heterocycles. The number of piperazine rings is 1. The first-order valence-corrected chi connectivity index (χ1v) is 7.64. The molecule has 0 aliphatic carbocycles. The Morgan fingerprint density at radius 2 is 1.76 bits per heavy atom. The number of benzene rings is 1. The van der Waals surface area contributed by atoms with E-state index >= 15 is 0 Å². The van der Waals surface area contributed by atoms with Crippen LogP contribution in [-0.2, 0) is 0 Å². The van der Waals surface area contributed by atoms with E-state index < -0.39 is 6.10 Å². The zero-order valence-electron chi connectivity index (χ0n) is 12.6. The molecule has 2 N–H and O–H groups in total. The summed E-state index contributed by atoms with van der Waals surface area (Å²) in [5.41, 5.74) is 0.751. The van der Waals surface area contributed by atoms with Crippen molar-refractivity contribution < 1.29 is 14.6 Å². The molecule has 118 valence electrons. The lowest BCUT2D eigenvalue weighted by Gasteiger charge is -2.39. The molecule has 1 aliphatic heterocycles. The number of hydrogen-bond donors (Lipinski definition) is 2. The van der Waals surface area contributed by atoms with E-state index in [-0.39, 0.29) is 18.5 Å².